The van der Waals surface area contributed by atoms with Gasteiger partial charge in [0.1, 0.15) is 0 Å². The molecule has 1 amide bonds. The van der Waals surface area contributed by atoms with E-state index in [-0.39, 0.29) is 11.3 Å². The number of aromatic nitrogens is 2. The molecule has 0 saturated carbocycles. The van der Waals surface area contributed by atoms with Gasteiger partial charge in [0, 0.05) is 37.6 Å². The molecule has 3 rings (SSSR count). The zero-order chi connectivity index (χ0) is 21.7. The van der Waals surface area contributed by atoms with Gasteiger partial charge in [-0.25, -0.2) is 4.98 Å². The second-order valence-electron chi connectivity index (χ2n) is 8.46. The minimum Gasteiger partial charge on any atom is -0.337 e. The fourth-order valence-corrected chi connectivity index (χ4v) is 3.56. The van der Waals surface area contributed by atoms with E-state index in [0.717, 1.165) is 18.5 Å². The molecule has 0 aliphatic heterocycles. The average molecular weight is 444 g/mol. The maximum Gasteiger partial charge on any atom is 0.254 e. The molecule has 0 N–H and O–H groups in total. The predicted molar refractivity (Wildman–Crippen MR) is 123 cm³/mol. The third-order valence-electron chi connectivity index (χ3n) is 5.05. The largest absolute Gasteiger partial charge is 0.337 e. The van der Waals surface area contributed by atoms with E-state index in [4.69, 9.17) is 23.2 Å². The van der Waals surface area contributed by atoms with E-state index in [1.807, 2.05) is 15.7 Å². The Morgan fingerprint density at radius 1 is 1.07 bits per heavy atom. The van der Waals surface area contributed by atoms with Gasteiger partial charge in [0.05, 0.1) is 16.4 Å². The van der Waals surface area contributed by atoms with Crippen LogP contribution in [0.5, 0.6) is 0 Å². The van der Waals surface area contributed by atoms with E-state index >= 15 is 0 Å². The first-order valence-corrected chi connectivity index (χ1v) is 10.8. The van der Waals surface area contributed by atoms with Crippen LogP contribution in [-0.4, -0.2) is 26.9 Å². The van der Waals surface area contributed by atoms with Crippen LogP contribution >= 0.6 is 23.2 Å². The van der Waals surface area contributed by atoms with Crippen molar-refractivity contribution in [2.24, 2.45) is 0 Å². The highest BCUT2D eigenvalue weighted by Crippen LogP contribution is 2.25. The zero-order valence-electron chi connectivity index (χ0n) is 17.6. The van der Waals surface area contributed by atoms with Crippen molar-refractivity contribution in [3.05, 3.63) is 87.9 Å². The van der Waals surface area contributed by atoms with Crippen LogP contribution in [0.25, 0.3) is 0 Å². The first-order chi connectivity index (χ1) is 14.2. The van der Waals surface area contributed by atoms with Crippen molar-refractivity contribution in [2.75, 3.05) is 6.54 Å². The average Bonchev–Trinajstić information content (AvgIpc) is 3.22. The first-order valence-electron chi connectivity index (χ1n) is 10.0. The fraction of sp³-hybridized carbons (Fsp3) is 0.333. The molecular formula is C24H27Cl2N3O. The van der Waals surface area contributed by atoms with Crippen LogP contribution in [-0.2, 0) is 18.5 Å². The maximum absolute atomic E-state index is 13.2. The number of nitrogens with zero attached hydrogens (tertiary/aromatic N) is 3. The van der Waals surface area contributed by atoms with Gasteiger partial charge in [0.15, 0.2) is 0 Å². The second-order valence-corrected chi connectivity index (χ2v) is 9.27. The molecule has 0 aliphatic rings. The lowest BCUT2D eigenvalue weighted by molar-refractivity contribution is 0.0739. The summed E-state index contributed by atoms with van der Waals surface area (Å²) in [6, 6.07) is 13.5. The van der Waals surface area contributed by atoms with Gasteiger partial charge in [0.25, 0.3) is 5.91 Å². The van der Waals surface area contributed by atoms with Crippen molar-refractivity contribution in [1.82, 2.24) is 14.5 Å². The Kier molecular flexibility index (Phi) is 7.22. The summed E-state index contributed by atoms with van der Waals surface area (Å²) >= 11 is 12.2. The van der Waals surface area contributed by atoms with Crippen LogP contribution in [0.3, 0.4) is 0 Å². The Labute approximate surface area is 188 Å². The van der Waals surface area contributed by atoms with E-state index in [1.54, 1.807) is 30.7 Å². The summed E-state index contributed by atoms with van der Waals surface area (Å²) in [7, 11) is 0. The highest BCUT2D eigenvalue weighted by molar-refractivity contribution is 6.42. The Morgan fingerprint density at radius 3 is 2.40 bits per heavy atom. The van der Waals surface area contributed by atoms with Gasteiger partial charge in [-0.15, -0.1) is 0 Å². The molecule has 0 fully saturated rings. The lowest BCUT2D eigenvalue weighted by Gasteiger charge is -2.24. The number of aryl methyl sites for hydroxylation is 1. The maximum atomic E-state index is 13.2. The van der Waals surface area contributed by atoms with Crippen molar-refractivity contribution in [3.63, 3.8) is 0 Å². The molecule has 158 valence electrons. The van der Waals surface area contributed by atoms with Crippen molar-refractivity contribution in [2.45, 2.75) is 45.7 Å². The topological polar surface area (TPSA) is 38.1 Å². The SMILES string of the molecule is CC(C)(C)c1ccc(CN(CCCn2ccnc2)C(=O)c2ccc(Cl)c(Cl)c2)cc1. The van der Waals surface area contributed by atoms with E-state index in [2.05, 4.69) is 50.0 Å². The number of carbonyl (C=O) groups excluding carboxylic acids is 1. The van der Waals surface area contributed by atoms with Gasteiger partial charge >= 0.3 is 0 Å². The number of imidazole rings is 1. The summed E-state index contributed by atoms with van der Waals surface area (Å²) in [5.41, 5.74) is 3.00. The third-order valence-corrected chi connectivity index (χ3v) is 5.79. The molecule has 3 aromatic rings. The normalized spacial score (nSPS) is 11.5. The van der Waals surface area contributed by atoms with Crippen LogP contribution in [0.2, 0.25) is 10.0 Å². The minimum atomic E-state index is -0.0564. The summed E-state index contributed by atoms with van der Waals surface area (Å²) in [6.45, 7) is 8.54. The first kappa shape index (κ1) is 22.4. The number of carbonyl (C=O) groups is 1. The van der Waals surface area contributed by atoms with E-state index in [9.17, 15) is 4.79 Å². The molecule has 1 aromatic heterocycles. The van der Waals surface area contributed by atoms with Crippen LogP contribution in [0, 0.1) is 0 Å². The van der Waals surface area contributed by atoms with Crippen LogP contribution in [0.15, 0.2) is 61.2 Å². The molecule has 0 atom stereocenters. The molecule has 2 aromatic carbocycles. The van der Waals surface area contributed by atoms with Crippen molar-refractivity contribution in [3.8, 4) is 0 Å². The number of amides is 1. The highest BCUT2D eigenvalue weighted by Gasteiger charge is 2.18. The van der Waals surface area contributed by atoms with Crippen molar-refractivity contribution in [1.29, 1.82) is 0 Å². The Morgan fingerprint density at radius 2 is 1.80 bits per heavy atom. The standard InChI is InChI=1S/C24H27Cl2N3O/c1-24(2,3)20-8-5-18(6-9-20)16-29(13-4-12-28-14-11-27-17-28)23(30)19-7-10-21(25)22(26)15-19/h5-11,14-15,17H,4,12-13,16H2,1-3H3. The Bertz CT molecular complexity index is 977. The summed E-state index contributed by atoms with van der Waals surface area (Å²) in [5, 5.41) is 0.827. The molecule has 0 unspecified atom stereocenters. The smallest absolute Gasteiger partial charge is 0.254 e. The molecule has 0 aliphatic carbocycles. The lowest BCUT2D eigenvalue weighted by Crippen LogP contribution is -2.32. The van der Waals surface area contributed by atoms with Gasteiger partial charge in [-0.05, 0) is 41.2 Å². The van der Waals surface area contributed by atoms with Gasteiger partial charge in [-0.3, -0.25) is 4.79 Å². The molecule has 30 heavy (non-hydrogen) atoms. The van der Waals surface area contributed by atoms with Gasteiger partial charge in [0.2, 0.25) is 0 Å². The van der Waals surface area contributed by atoms with Crippen LogP contribution in [0.4, 0.5) is 0 Å². The second kappa shape index (κ2) is 9.67. The molecule has 6 heteroatoms. The van der Waals surface area contributed by atoms with Crippen LogP contribution < -0.4 is 0 Å². The van der Waals surface area contributed by atoms with Crippen LogP contribution in [0.1, 0.15) is 48.7 Å². The summed E-state index contributed by atoms with van der Waals surface area (Å²) < 4.78 is 2.01. The van der Waals surface area contributed by atoms with Crippen molar-refractivity contribution >= 4 is 29.1 Å². The Hall–Kier alpha value is -2.30. The van der Waals surface area contributed by atoms with Gasteiger partial charge < -0.3 is 9.47 Å². The molecule has 0 bridgehead atoms. The monoisotopic (exact) mass is 443 g/mol. The van der Waals surface area contributed by atoms with Crippen molar-refractivity contribution < 1.29 is 4.79 Å². The van der Waals surface area contributed by atoms with Gasteiger partial charge in [-0.2, -0.15) is 0 Å². The third kappa shape index (κ3) is 5.87. The molecule has 0 spiro atoms. The predicted octanol–water partition coefficient (Wildman–Crippen LogP) is 6.22. The molecule has 0 saturated heterocycles. The Balaban J connectivity index is 1.77. The van der Waals surface area contributed by atoms with Gasteiger partial charge in [-0.1, -0.05) is 68.2 Å². The lowest BCUT2D eigenvalue weighted by atomic mass is 9.87. The van der Waals surface area contributed by atoms with E-state index in [0.29, 0.717) is 28.7 Å². The molecule has 4 nitrogen and oxygen atoms in total. The quantitative estimate of drug-likeness (QED) is 0.434. The highest BCUT2D eigenvalue weighted by atomic mass is 35.5. The summed E-state index contributed by atoms with van der Waals surface area (Å²) in [4.78, 5) is 19.2. The fourth-order valence-electron chi connectivity index (χ4n) is 3.26. The summed E-state index contributed by atoms with van der Waals surface area (Å²) in [6.07, 6.45) is 6.30. The molecule has 0 radical (unpaired) electrons. The molecule has 1 heterocycles. The zero-order valence-corrected chi connectivity index (χ0v) is 19.1. The summed E-state index contributed by atoms with van der Waals surface area (Å²) in [5.74, 6) is -0.0564. The number of rotatable bonds is 7. The number of hydrogen-bond acceptors (Lipinski definition) is 2. The minimum absolute atomic E-state index is 0.0564. The number of halogens is 2. The van der Waals surface area contributed by atoms with E-state index in [1.165, 1.54) is 5.56 Å². The number of hydrogen-bond donors (Lipinski definition) is 0. The van der Waals surface area contributed by atoms with E-state index < -0.39 is 0 Å². The number of benzene rings is 2. The molecular weight excluding hydrogens is 417 g/mol.